The summed E-state index contributed by atoms with van der Waals surface area (Å²) in [6.07, 6.45) is -3.39. The van der Waals surface area contributed by atoms with Crippen LogP contribution in [0, 0.1) is 31.4 Å². The Kier molecular flexibility index (Phi) is 11.5. The first-order chi connectivity index (χ1) is 20.5. The normalized spacial score (nSPS) is 13.5. The van der Waals surface area contributed by atoms with Crippen molar-refractivity contribution in [2.75, 3.05) is 27.2 Å². The molecule has 0 aliphatic carbocycles. The van der Waals surface area contributed by atoms with Crippen LogP contribution >= 0.6 is 0 Å². The summed E-state index contributed by atoms with van der Waals surface area (Å²) >= 11 is 0. The molecule has 2 N–H and O–H groups in total. The SMILES string of the molecule is Cc1cccc(C)c1-c1cc([C@H](CC(=O)O)NCC(CC(C)C)n2cc(CCN(C)C)cc(F)c2=O)c(F)c(C(F)(F)F)c1. The zero-order valence-corrected chi connectivity index (χ0v) is 25.9. The number of hydrogen-bond donors (Lipinski definition) is 2. The largest absolute Gasteiger partial charge is 0.481 e. The second-order valence-corrected chi connectivity index (χ2v) is 12.0. The zero-order chi connectivity index (χ0) is 32.9. The van der Waals surface area contributed by atoms with Crippen LogP contribution in [0.5, 0.6) is 0 Å². The van der Waals surface area contributed by atoms with Gasteiger partial charge in [0.25, 0.3) is 5.56 Å². The highest BCUT2D eigenvalue weighted by atomic mass is 19.4. The Morgan fingerprint density at radius 2 is 1.70 bits per heavy atom. The van der Waals surface area contributed by atoms with Gasteiger partial charge in [-0.25, -0.2) is 8.78 Å². The molecule has 1 unspecified atom stereocenters. The molecule has 0 amide bonds. The van der Waals surface area contributed by atoms with Crippen LogP contribution in [0.3, 0.4) is 0 Å². The molecule has 2 atom stereocenters. The third-order valence-electron chi connectivity index (χ3n) is 7.57. The van der Waals surface area contributed by atoms with Gasteiger partial charge in [0.2, 0.25) is 0 Å². The number of aromatic nitrogens is 1. The van der Waals surface area contributed by atoms with Gasteiger partial charge in [0.1, 0.15) is 5.82 Å². The van der Waals surface area contributed by atoms with Crippen LogP contribution in [0.2, 0.25) is 0 Å². The summed E-state index contributed by atoms with van der Waals surface area (Å²) in [4.78, 5) is 26.7. The lowest BCUT2D eigenvalue weighted by molar-refractivity contribution is -0.140. The average molecular weight is 622 g/mol. The predicted molar refractivity (Wildman–Crippen MR) is 161 cm³/mol. The van der Waals surface area contributed by atoms with Gasteiger partial charge in [0.05, 0.1) is 12.0 Å². The van der Waals surface area contributed by atoms with E-state index in [0.717, 1.165) is 6.07 Å². The van der Waals surface area contributed by atoms with Gasteiger partial charge in [-0.15, -0.1) is 0 Å². The summed E-state index contributed by atoms with van der Waals surface area (Å²) in [5.41, 5.74) is -0.319. The van der Waals surface area contributed by atoms with Crippen molar-refractivity contribution >= 4 is 5.97 Å². The Balaban J connectivity index is 2.12. The van der Waals surface area contributed by atoms with Crippen LogP contribution < -0.4 is 10.9 Å². The number of benzene rings is 2. The maximum atomic E-state index is 15.7. The molecule has 240 valence electrons. The summed E-state index contributed by atoms with van der Waals surface area (Å²) in [5, 5.41) is 12.6. The van der Waals surface area contributed by atoms with Crippen molar-refractivity contribution in [2.45, 2.75) is 65.2 Å². The van der Waals surface area contributed by atoms with E-state index in [2.05, 4.69) is 5.32 Å². The molecular formula is C33H40F5N3O3. The number of likely N-dealkylation sites (N-methyl/N-ethyl adjacent to an activating group) is 1. The topological polar surface area (TPSA) is 74.6 Å². The zero-order valence-electron chi connectivity index (χ0n) is 25.9. The van der Waals surface area contributed by atoms with Crippen LogP contribution in [0.25, 0.3) is 11.1 Å². The highest BCUT2D eigenvalue weighted by Crippen LogP contribution is 2.39. The van der Waals surface area contributed by atoms with Gasteiger partial charge in [-0.05, 0) is 92.7 Å². The molecule has 6 nitrogen and oxygen atoms in total. The quantitative estimate of drug-likeness (QED) is 0.203. The molecule has 0 bridgehead atoms. The molecule has 0 saturated heterocycles. The number of alkyl halides is 3. The van der Waals surface area contributed by atoms with Crippen molar-refractivity contribution in [3.63, 3.8) is 0 Å². The van der Waals surface area contributed by atoms with Crippen molar-refractivity contribution < 1.29 is 31.9 Å². The number of aliphatic carboxylic acids is 1. The van der Waals surface area contributed by atoms with Gasteiger partial charge in [-0.1, -0.05) is 32.0 Å². The molecular weight excluding hydrogens is 581 g/mol. The third-order valence-corrected chi connectivity index (χ3v) is 7.57. The number of carboxylic acid groups (broad SMARTS) is 1. The van der Waals surface area contributed by atoms with Crippen LogP contribution in [0.1, 0.15) is 66.6 Å². The first-order valence-corrected chi connectivity index (χ1v) is 14.5. The highest BCUT2D eigenvalue weighted by molar-refractivity contribution is 5.73. The Labute approximate surface area is 254 Å². The van der Waals surface area contributed by atoms with Crippen molar-refractivity contribution in [1.29, 1.82) is 0 Å². The number of aryl methyl sites for hydroxylation is 2. The molecule has 0 aliphatic heterocycles. The Morgan fingerprint density at radius 1 is 1.07 bits per heavy atom. The second-order valence-electron chi connectivity index (χ2n) is 12.0. The fraction of sp³-hybridized carbons (Fsp3) is 0.455. The van der Waals surface area contributed by atoms with Gasteiger partial charge in [0, 0.05) is 36.9 Å². The standard InChI is InChI=1S/C33H40F5N3O3/c1-19(2)12-24(41-18-22(10-11-40(5)6)13-27(34)32(41)44)17-39-28(16-29(42)43)25-14-23(15-26(31(25)35)33(36,37)38)30-20(3)8-7-9-21(30)4/h7-9,13-15,18-19,24,28,39H,10-12,16-17H2,1-6H3,(H,42,43)/t24?,28-/m0/s1. The molecule has 3 rings (SSSR count). The molecule has 0 aliphatic rings. The van der Waals surface area contributed by atoms with Gasteiger partial charge >= 0.3 is 12.1 Å². The van der Waals surface area contributed by atoms with E-state index in [0.29, 0.717) is 41.6 Å². The van der Waals surface area contributed by atoms with Crippen molar-refractivity contribution in [1.82, 2.24) is 14.8 Å². The maximum Gasteiger partial charge on any atom is 0.419 e. The van der Waals surface area contributed by atoms with Crippen molar-refractivity contribution in [3.8, 4) is 11.1 Å². The predicted octanol–water partition coefficient (Wildman–Crippen LogP) is 6.93. The monoisotopic (exact) mass is 621 g/mol. The molecule has 0 spiro atoms. The van der Waals surface area contributed by atoms with Crippen LogP contribution in [0.15, 0.2) is 47.4 Å². The third kappa shape index (κ3) is 8.75. The minimum atomic E-state index is -5.04. The van der Waals surface area contributed by atoms with Crippen LogP contribution in [0.4, 0.5) is 22.0 Å². The molecule has 2 aromatic carbocycles. The molecule has 0 saturated carbocycles. The average Bonchev–Trinajstić information content (AvgIpc) is 2.90. The van der Waals surface area contributed by atoms with E-state index in [1.807, 2.05) is 32.8 Å². The number of nitrogens with one attached hydrogen (secondary N) is 1. The molecule has 1 heterocycles. The molecule has 11 heteroatoms. The number of pyridine rings is 1. The first kappa shape index (κ1) is 34.9. The summed E-state index contributed by atoms with van der Waals surface area (Å²) in [7, 11) is 3.72. The Hall–Kier alpha value is -3.57. The van der Waals surface area contributed by atoms with Gasteiger partial charge in [-0.2, -0.15) is 13.2 Å². The van der Waals surface area contributed by atoms with E-state index < -0.39 is 59.0 Å². The van der Waals surface area contributed by atoms with E-state index in [4.69, 9.17) is 0 Å². The van der Waals surface area contributed by atoms with Crippen molar-refractivity contribution in [2.24, 2.45) is 5.92 Å². The lowest BCUT2D eigenvalue weighted by Crippen LogP contribution is -2.37. The van der Waals surface area contributed by atoms with Crippen LogP contribution in [-0.2, 0) is 17.4 Å². The number of carboxylic acids is 1. The Morgan fingerprint density at radius 3 is 2.25 bits per heavy atom. The molecule has 3 aromatic rings. The van der Waals surface area contributed by atoms with Crippen LogP contribution in [-0.4, -0.2) is 47.7 Å². The minimum Gasteiger partial charge on any atom is -0.481 e. The smallest absolute Gasteiger partial charge is 0.419 e. The van der Waals surface area contributed by atoms with Gasteiger partial charge in [0.15, 0.2) is 5.82 Å². The second kappa shape index (κ2) is 14.5. The number of nitrogens with zero attached hydrogens (tertiary/aromatic N) is 2. The lowest BCUT2D eigenvalue weighted by atomic mass is 9.90. The molecule has 44 heavy (non-hydrogen) atoms. The molecule has 1 aromatic heterocycles. The fourth-order valence-corrected chi connectivity index (χ4v) is 5.49. The van der Waals surface area contributed by atoms with E-state index in [1.165, 1.54) is 16.7 Å². The summed E-state index contributed by atoms with van der Waals surface area (Å²) in [5.74, 6) is -3.86. The summed E-state index contributed by atoms with van der Waals surface area (Å²) in [6.45, 7) is 7.71. The minimum absolute atomic E-state index is 0.0149. The fourth-order valence-electron chi connectivity index (χ4n) is 5.49. The first-order valence-electron chi connectivity index (χ1n) is 14.5. The summed E-state index contributed by atoms with van der Waals surface area (Å²) in [6, 6.07) is 6.32. The lowest BCUT2D eigenvalue weighted by Gasteiger charge is -2.27. The van der Waals surface area contributed by atoms with Crippen molar-refractivity contribution in [3.05, 3.63) is 92.4 Å². The molecule has 0 radical (unpaired) electrons. The number of halogens is 5. The summed E-state index contributed by atoms with van der Waals surface area (Å²) < 4.78 is 74.0. The van der Waals surface area contributed by atoms with E-state index in [9.17, 15) is 32.3 Å². The van der Waals surface area contributed by atoms with Gasteiger partial charge < -0.3 is 19.9 Å². The maximum absolute atomic E-state index is 15.7. The highest BCUT2D eigenvalue weighted by Gasteiger charge is 2.37. The number of carbonyl (C=O) groups is 1. The van der Waals surface area contributed by atoms with E-state index in [1.54, 1.807) is 38.2 Å². The Bertz CT molecular complexity index is 1510. The van der Waals surface area contributed by atoms with Gasteiger partial charge in [-0.3, -0.25) is 9.59 Å². The van der Waals surface area contributed by atoms with E-state index in [-0.39, 0.29) is 18.0 Å². The number of hydrogen-bond acceptors (Lipinski definition) is 4. The van der Waals surface area contributed by atoms with E-state index >= 15 is 4.39 Å². The molecule has 0 fully saturated rings. The number of rotatable bonds is 13.